The zero-order chi connectivity index (χ0) is 21.6. The molecule has 0 aromatic carbocycles. The summed E-state index contributed by atoms with van der Waals surface area (Å²) in [6.07, 6.45) is 19.9. The first-order valence-corrected chi connectivity index (χ1v) is 13.7. The van der Waals surface area contributed by atoms with Gasteiger partial charge < -0.3 is 10.1 Å². The molecule has 4 aliphatic rings. The Balaban J connectivity index is 1.11. The van der Waals surface area contributed by atoms with Crippen LogP contribution in [0.25, 0.3) is 0 Å². The van der Waals surface area contributed by atoms with Gasteiger partial charge >= 0.3 is 0 Å². The number of likely N-dealkylation sites (tertiary alicyclic amines) is 1. The molecule has 4 rings (SSSR count). The lowest BCUT2D eigenvalue weighted by molar-refractivity contribution is -1.07. The van der Waals surface area contributed by atoms with E-state index in [9.17, 15) is 15.2 Å². The molecule has 0 amide bonds. The largest absolute Gasteiger partial charge is 0.600 e. The maximum Gasteiger partial charge on any atom is 0.189 e. The summed E-state index contributed by atoms with van der Waals surface area (Å²) in [5.74, 6) is 4.34. The number of quaternary nitrogens is 2. The lowest BCUT2D eigenvalue weighted by Crippen LogP contribution is -3.14. The number of hydrogen-bond acceptors (Lipinski definition) is 3. The first kappa shape index (κ1) is 23.7. The minimum absolute atomic E-state index is 0.0914. The molecule has 1 aliphatic heterocycles. The first-order chi connectivity index (χ1) is 15.1. The molecule has 3 aliphatic carbocycles. The van der Waals surface area contributed by atoms with E-state index in [0.717, 1.165) is 81.8 Å². The maximum absolute atomic E-state index is 13.0. The molecule has 3 saturated carbocycles. The van der Waals surface area contributed by atoms with Gasteiger partial charge in [-0.2, -0.15) is 0 Å². The molecule has 4 fully saturated rings. The van der Waals surface area contributed by atoms with E-state index in [2.05, 4.69) is 0 Å². The summed E-state index contributed by atoms with van der Waals surface area (Å²) in [4.78, 5) is 14.5. The number of nitrogens with one attached hydrogen (secondary N) is 2. The average molecular weight is 436 g/mol. The van der Waals surface area contributed by atoms with Crippen molar-refractivity contribution >= 4 is 5.78 Å². The Kier molecular flexibility index (Phi) is 8.84. The number of ketones is 1. The molecule has 0 aromatic rings. The van der Waals surface area contributed by atoms with Crippen molar-refractivity contribution in [3.05, 3.63) is 5.21 Å². The molecule has 1 atom stereocenters. The molecule has 3 N–H and O–H groups in total. The number of carbonyl (C=O) groups is 1. The number of carbonyl (C=O) groups excluding carboxylic acids is 1. The molecule has 1 saturated heterocycles. The summed E-state index contributed by atoms with van der Waals surface area (Å²) < 4.78 is 0. The van der Waals surface area contributed by atoms with Crippen LogP contribution in [-0.2, 0) is 4.79 Å². The molecule has 0 aromatic heterocycles. The van der Waals surface area contributed by atoms with Gasteiger partial charge in [0.05, 0.1) is 13.1 Å². The molecule has 5 heteroatoms. The summed E-state index contributed by atoms with van der Waals surface area (Å²) in [6, 6.07) is -0.0914. The second kappa shape index (κ2) is 11.6. The van der Waals surface area contributed by atoms with Crippen molar-refractivity contribution in [1.82, 2.24) is 0 Å². The van der Waals surface area contributed by atoms with E-state index in [4.69, 9.17) is 0 Å². The Morgan fingerprint density at radius 3 is 1.97 bits per heavy atom. The Morgan fingerprint density at radius 2 is 1.35 bits per heavy atom. The third-order valence-corrected chi connectivity index (χ3v) is 9.64. The minimum Gasteiger partial charge on any atom is -0.600 e. The van der Waals surface area contributed by atoms with E-state index in [1.807, 2.05) is 0 Å². The molecule has 0 bridgehead atoms. The highest BCUT2D eigenvalue weighted by Gasteiger charge is 2.34. The van der Waals surface area contributed by atoms with E-state index >= 15 is 0 Å². The highest BCUT2D eigenvalue weighted by molar-refractivity contribution is 5.81. The number of rotatable bonds is 7. The highest BCUT2D eigenvalue weighted by Crippen LogP contribution is 2.40. The fourth-order valence-corrected chi connectivity index (χ4v) is 7.52. The molecule has 1 heterocycles. The predicted octanol–water partition coefficient (Wildman–Crippen LogP) is 2.96. The van der Waals surface area contributed by atoms with Gasteiger partial charge in [0, 0.05) is 18.8 Å². The second-order valence-electron chi connectivity index (χ2n) is 11.6. The number of hydroxylamine groups is 2. The Bertz CT molecular complexity index is 539. The number of piperidine rings is 1. The van der Waals surface area contributed by atoms with Gasteiger partial charge in [0.1, 0.15) is 12.6 Å². The van der Waals surface area contributed by atoms with Gasteiger partial charge in [0.2, 0.25) is 0 Å². The average Bonchev–Trinajstić information content (AvgIpc) is 2.81. The second-order valence-corrected chi connectivity index (χ2v) is 11.6. The van der Waals surface area contributed by atoms with Gasteiger partial charge in [-0.3, -0.25) is 4.79 Å². The summed E-state index contributed by atoms with van der Waals surface area (Å²) in [7, 11) is 0. The lowest BCUT2D eigenvalue weighted by Gasteiger charge is -2.36. The molecule has 1 unspecified atom stereocenters. The van der Waals surface area contributed by atoms with Crippen LogP contribution in [0.5, 0.6) is 0 Å². The minimum atomic E-state index is -0.595. The van der Waals surface area contributed by atoms with Crippen LogP contribution >= 0.6 is 0 Å². The standard InChI is InChI=1S/C26H46N2O3/c29-26(24-10-8-23(9-11-24)22-4-2-1-3-5-22)19-27-16-14-21(15-17-27)18-20-6-12-25(13-7-20)28(30)31/h20-25,28,30H,1-19H2/p+1. The van der Waals surface area contributed by atoms with Crippen molar-refractivity contribution in [1.29, 1.82) is 0 Å². The van der Waals surface area contributed by atoms with E-state index in [1.54, 1.807) is 0 Å². The van der Waals surface area contributed by atoms with Gasteiger partial charge in [0.15, 0.2) is 5.78 Å². The third-order valence-electron chi connectivity index (χ3n) is 9.64. The van der Waals surface area contributed by atoms with Gasteiger partial charge in [-0.25, -0.2) is 10.4 Å². The zero-order valence-corrected chi connectivity index (χ0v) is 19.7. The van der Waals surface area contributed by atoms with E-state index < -0.39 is 5.23 Å². The smallest absolute Gasteiger partial charge is 0.189 e. The van der Waals surface area contributed by atoms with Gasteiger partial charge in [-0.15, -0.1) is 0 Å². The molecule has 5 nitrogen and oxygen atoms in total. The van der Waals surface area contributed by atoms with Crippen molar-refractivity contribution in [2.24, 2.45) is 29.6 Å². The van der Waals surface area contributed by atoms with E-state index in [-0.39, 0.29) is 6.04 Å². The van der Waals surface area contributed by atoms with E-state index in [1.165, 1.54) is 69.1 Å². The summed E-state index contributed by atoms with van der Waals surface area (Å²) >= 11 is 0. The highest BCUT2D eigenvalue weighted by atomic mass is 16.8. The van der Waals surface area contributed by atoms with Crippen molar-refractivity contribution in [3.63, 3.8) is 0 Å². The van der Waals surface area contributed by atoms with Crippen LogP contribution in [0.1, 0.15) is 103 Å². The van der Waals surface area contributed by atoms with Crippen LogP contribution in [-0.4, -0.2) is 36.7 Å². The SMILES string of the molecule is O=C(C[NH+]1CCC(CC2CCC([NH+]([O-])O)CC2)CC1)C1CCC(C2CCCCC2)CC1. The Morgan fingerprint density at radius 1 is 0.774 bits per heavy atom. The molecular formula is C26H47N2O3+. The first-order valence-electron chi connectivity index (χ1n) is 13.7. The molecule has 0 radical (unpaired) electrons. The van der Waals surface area contributed by atoms with Crippen LogP contribution in [0.15, 0.2) is 0 Å². The molecule has 31 heavy (non-hydrogen) atoms. The van der Waals surface area contributed by atoms with Crippen LogP contribution in [0, 0.1) is 34.8 Å². The van der Waals surface area contributed by atoms with Crippen molar-refractivity contribution in [2.45, 2.75) is 109 Å². The molecular weight excluding hydrogens is 388 g/mol. The van der Waals surface area contributed by atoms with Crippen molar-refractivity contribution in [2.75, 3.05) is 19.6 Å². The monoisotopic (exact) mass is 435 g/mol. The normalized spacial score (nSPS) is 39.2. The summed E-state index contributed by atoms with van der Waals surface area (Å²) in [5, 5.41) is 19.7. The van der Waals surface area contributed by atoms with Crippen LogP contribution in [0.3, 0.4) is 0 Å². The Hall–Kier alpha value is -0.490. The topological polar surface area (TPSA) is 69.2 Å². The van der Waals surface area contributed by atoms with Gasteiger partial charge in [-0.05, 0) is 81.5 Å². The van der Waals surface area contributed by atoms with Crippen LogP contribution in [0.2, 0.25) is 0 Å². The van der Waals surface area contributed by atoms with Crippen LogP contribution in [0.4, 0.5) is 0 Å². The van der Waals surface area contributed by atoms with E-state index in [0.29, 0.717) is 11.7 Å². The fourth-order valence-electron chi connectivity index (χ4n) is 7.52. The summed E-state index contributed by atoms with van der Waals surface area (Å²) in [5.41, 5.74) is 0. The number of Topliss-reactive ketones (excluding diaryl/α,β-unsaturated/α-hetero) is 1. The van der Waals surface area contributed by atoms with Crippen LogP contribution < -0.4 is 10.1 Å². The van der Waals surface area contributed by atoms with Crippen molar-refractivity contribution in [3.8, 4) is 0 Å². The number of hydrogen-bond donors (Lipinski definition) is 3. The molecule has 178 valence electrons. The van der Waals surface area contributed by atoms with Crippen molar-refractivity contribution < 1.29 is 20.1 Å². The predicted molar refractivity (Wildman–Crippen MR) is 122 cm³/mol. The quantitative estimate of drug-likeness (QED) is 0.539. The maximum atomic E-state index is 13.0. The van der Waals surface area contributed by atoms with Gasteiger partial charge in [0.25, 0.3) is 0 Å². The lowest BCUT2D eigenvalue weighted by atomic mass is 9.70. The fraction of sp³-hybridized carbons (Fsp3) is 0.962. The third kappa shape index (κ3) is 6.75. The Labute approximate surface area is 189 Å². The van der Waals surface area contributed by atoms with Gasteiger partial charge in [-0.1, -0.05) is 32.1 Å². The summed E-state index contributed by atoms with van der Waals surface area (Å²) in [6.45, 7) is 3.10. The molecule has 0 spiro atoms. The zero-order valence-electron chi connectivity index (χ0n) is 19.7.